The number of carbonyl (C=O) groups is 7. The number of carbonyl (C=O) groups excluding carboxylic acids is 7. The van der Waals surface area contributed by atoms with Crippen molar-refractivity contribution in [2.75, 3.05) is 25.1 Å². The third kappa shape index (κ3) is 16.8. The number of halogens is 1. The highest BCUT2D eigenvalue weighted by atomic mass is 127. The highest BCUT2D eigenvalue weighted by Crippen LogP contribution is 2.23. The van der Waals surface area contributed by atoms with Crippen molar-refractivity contribution in [3.63, 3.8) is 0 Å². The van der Waals surface area contributed by atoms with Crippen LogP contribution in [0.25, 0.3) is 10.9 Å². The van der Waals surface area contributed by atoms with Gasteiger partial charge in [-0.15, -0.1) is 0 Å². The summed E-state index contributed by atoms with van der Waals surface area (Å²) in [6.45, 7) is 6.32. The van der Waals surface area contributed by atoms with E-state index in [2.05, 4.69) is 36.9 Å². The molecule has 5 rings (SSSR count). The lowest BCUT2D eigenvalue weighted by molar-refractivity contribution is -0.142. The number of aromatic hydroxyl groups is 1. The molecular formula is C50H65IN8O9S. The van der Waals surface area contributed by atoms with Gasteiger partial charge < -0.3 is 50.0 Å². The zero-order valence-electron chi connectivity index (χ0n) is 39.6. The van der Waals surface area contributed by atoms with Gasteiger partial charge >= 0.3 is 5.97 Å². The maximum Gasteiger partial charge on any atom is 0.338 e. The largest absolute Gasteiger partial charge is 0.508 e. The summed E-state index contributed by atoms with van der Waals surface area (Å²) in [7, 11) is 0. The first-order chi connectivity index (χ1) is 33.2. The van der Waals surface area contributed by atoms with Gasteiger partial charge in [0.1, 0.15) is 42.0 Å². The van der Waals surface area contributed by atoms with Crippen molar-refractivity contribution in [2.45, 2.75) is 121 Å². The van der Waals surface area contributed by atoms with E-state index in [-0.39, 0.29) is 44.4 Å². The molecule has 372 valence electrons. The average molecular weight is 1080 g/mol. The molecule has 1 unspecified atom stereocenters. The quantitative estimate of drug-likeness (QED) is 0.0328. The molecule has 1 saturated heterocycles. The van der Waals surface area contributed by atoms with Gasteiger partial charge in [0.2, 0.25) is 35.4 Å². The van der Waals surface area contributed by atoms with Crippen molar-refractivity contribution < 1.29 is 41.7 Å². The minimum Gasteiger partial charge on any atom is -0.508 e. The third-order valence-electron chi connectivity index (χ3n) is 11.9. The van der Waals surface area contributed by atoms with E-state index in [4.69, 9.17) is 3.07 Å². The molecule has 0 aliphatic carbocycles. The van der Waals surface area contributed by atoms with Crippen LogP contribution in [0.4, 0.5) is 0 Å². The zero-order chi connectivity index (χ0) is 49.9. The minimum atomic E-state index is -1.22. The first kappa shape index (κ1) is 54.3. The molecule has 0 bridgehead atoms. The lowest BCUT2D eigenvalue weighted by Gasteiger charge is -2.31. The van der Waals surface area contributed by atoms with Crippen LogP contribution in [0.2, 0.25) is 0 Å². The molecule has 8 N–H and O–H groups in total. The number of unbranched alkanes of at least 4 members (excludes halogenated alkanes) is 1. The molecule has 6 amide bonds. The maximum atomic E-state index is 14.7. The number of hydrogen-bond acceptors (Lipinski definition) is 11. The van der Waals surface area contributed by atoms with Crippen LogP contribution in [0.3, 0.4) is 0 Å². The van der Waals surface area contributed by atoms with E-state index >= 15 is 0 Å². The molecule has 3 aromatic carbocycles. The number of nitrogens with one attached hydrogen (secondary N) is 7. The van der Waals surface area contributed by atoms with Crippen LogP contribution in [0.15, 0.2) is 85.1 Å². The molecule has 4 aromatic rings. The molecule has 69 heavy (non-hydrogen) atoms. The number of thioether (sulfide) groups is 1. The van der Waals surface area contributed by atoms with Crippen molar-refractivity contribution >= 4 is 87.1 Å². The highest BCUT2D eigenvalue weighted by Gasteiger charge is 2.40. The Balaban J connectivity index is 1.38. The fraction of sp³-hybridized carbons (Fsp3) is 0.460. The molecule has 0 spiro atoms. The fourth-order valence-electron chi connectivity index (χ4n) is 8.36. The SMILES string of the molecule is CSCC[C@H](NC(=O)[C@H](Cc1c[nH]c2ccccc12)NC(=O)[C@H]1CCCN1C(=O)[C@H](Cc1ccc(O)cc1)NC(=O)[C@H](Cc1ccccc1)NC(C)=O)C(=O)NC(CCCCNC(C)C)C(=O)OI. The molecule has 1 aliphatic rings. The summed E-state index contributed by atoms with van der Waals surface area (Å²) in [5.41, 5.74) is 2.96. The molecule has 19 heteroatoms. The lowest BCUT2D eigenvalue weighted by atomic mass is 10.0. The van der Waals surface area contributed by atoms with Crippen LogP contribution in [0.5, 0.6) is 5.75 Å². The van der Waals surface area contributed by atoms with E-state index < -0.39 is 77.7 Å². The second kappa shape index (κ2) is 27.5. The Labute approximate surface area is 421 Å². The Morgan fingerprint density at radius 3 is 2.06 bits per heavy atom. The van der Waals surface area contributed by atoms with Gasteiger partial charge in [0.15, 0.2) is 23.0 Å². The number of likely N-dealkylation sites (tertiary alicyclic amines) is 1. The molecule has 1 aliphatic heterocycles. The summed E-state index contributed by atoms with van der Waals surface area (Å²) < 4.78 is 5.00. The van der Waals surface area contributed by atoms with Crippen LogP contribution in [0.1, 0.15) is 76.0 Å². The summed E-state index contributed by atoms with van der Waals surface area (Å²) in [5, 5.41) is 28.3. The second-order valence-electron chi connectivity index (χ2n) is 17.6. The summed E-state index contributed by atoms with van der Waals surface area (Å²) in [5.74, 6) is -3.48. The molecule has 1 fully saturated rings. The van der Waals surface area contributed by atoms with Crippen LogP contribution in [-0.4, -0.2) is 124 Å². The number of aromatic amines is 1. The van der Waals surface area contributed by atoms with E-state index in [0.717, 1.165) is 35.0 Å². The number of benzene rings is 3. The van der Waals surface area contributed by atoms with Crippen LogP contribution in [-0.2, 0) is 55.9 Å². The Morgan fingerprint density at radius 1 is 0.754 bits per heavy atom. The van der Waals surface area contributed by atoms with E-state index in [1.54, 1.807) is 18.3 Å². The summed E-state index contributed by atoms with van der Waals surface area (Å²) in [6.07, 6.45) is 6.50. The minimum absolute atomic E-state index is 0.00464. The van der Waals surface area contributed by atoms with Gasteiger partial charge in [0.05, 0.1) is 0 Å². The molecule has 0 radical (unpaired) electrons. The first-order valence-corrected chi connectivity index (χ1v) is 25.6. The number of amides is 6. The van der Waals surface area contributed by atoms with Crippen molar-refractivity contribution in [1.82, 2.24) is 41.8 Å². The number of hydrogen-bond donors (Lipinski definition) is 8. The van der Waals surface area contributed by atoms with Gasteiger partial charge in [-0.25, -0.2) is 4.79 Å². The predicted molar refractivity (Wildman–Crippen MR) is 274 cm³/mol. The molecule has 2 heterocycles. The molecule has 0 saturated carbocycles. The van der Waals surface area contributed by atoms with Gasteiger partial charge in [0, 0.05) is 55.9 Å². The topological polar surface area (TPSA) is 240 Å². The van der Waals surface area contributed by atoms with Gasteiger partial charge in [-0.2, -0.15) is 11.8 Å². The van der Waals surface area contributed by atoms with Crippen molar-refractivity contribution in [1.29, 1.82) is 0 Å². The van der Waals surface area contributed by atoms with E-state index in [1.807, 2.05) is 74.7 Å². The number of fused-ring (bicyclic) bond motifs is 1. The van der Waals surface area contributed by atoms with Gasteiger partial charge in [-0.05, 0) is 92.0 Å². The third-order valence-corrected chi connectivity index (χ3v) is 13.0. The molecular weight excluding hydrogens is 1020 g/mol. The summed E-state index contributed by atoms with van der Waals surface area (Å²) in [4.78, 5) is 102. The number of rotatable bonds is 26. The van der Waals surface area contributed by atoms with E-state index in [9.17, 15) is 38.7 Å². The fourth-order valence-corrected chi connectivity index (χ4v) is 9.14. The second-order valence-corrected chi connectivity index (χ2v) is 19.0. The van der Waals surface area contributed by atoms with Crippen LogP contribution < -0.4 is 31.9 Å². The normalized spacial score (nSPS) is 15.6. The van der Waals surface area contributed by atoms with E-state index in [1.165, 1.54) is 58.7 Å². The monoisotopic (exact) mass is 1080 g/mol. The number of H-pyrrole nitrogens is 1. The van der Waals surface area contributed by atoms with Crippen molar-refractivity contribution in [3.8, 4) is 5.75 Å². The Bertz CT molecular complexity index is 2350. The smallest absolute Gasteiger partial charge is 0.338 e. The Kier molecular flexibility index (Phi) is 21.6. The van der Waals surface area contributed by atoms with E-state index in [0.29, 0.717) is 36.6 Å². The van der Waals surface area contributed by atoms with Gasteiger partial charge in [-0.3, -0.25) is 28.8 Å². The number of phenols is 1. The number of aromatic nitrogens is 1. The summed E-state index contributed by atoms with van der Waals surface area (Å²) >= 11 is 2.98. The molecule has 1 aromatic heterocycles. The zero-order valence-corrected chi connectivity index (χ0v) is 42.5. The average Bonchev–Trinajstić information content (AvgIpc) is 4.00. The standard InChI is InChI=1S/C50H65IN8O9S/c1-31(2)52-24-11-10-17-40(50(67)68-51)56-45(62)39(23-26-69-4)55-47(64)42(29-35-30-53-38-16-9-8-15-37(35)38)57-48(65)44-18-12-25-59(44)49(66)43(28-34-19-21-36(61)22-20-34)58-46(63)41(54-32(3)60)27-33-13-6-5-7-14-33/h5-9,13-16,19-22,30-31,39-44,52-53,61H,10-12,17-18,23-29H2,1-4H3,(H,54,60)(H,55,64)(H,56,62)(H,57,65)(H,58,63)/t39-,40?,41-,42-,43-,44+/m0/s1. The lowest BCUT2D eigenvalue weighted by Crippen LogP contribution is -2.60. The van der Waals surface area contributed by atoms with Crippen LogP contribution in [0, 0.1) is 0 Å². The number of nitrogens with zero attached hydrogens (tertiary/aromatic N) is 1. The first-order valence-electron chi connectivity index (χ1n) is 23.4. The Morgan fingerprint density at radius 2 is 1.38 bits per heavy atom. The van der Waals surface area contributed by atoms with Crippen molar-refractivity contribution in [3.05, 3.63) is 102 Å². The molecule has 6 atom stereocenters. The van der Waals surface area contributed by atoms with Crippen LogP contribution >= 0.6 is 34.8 Å². The highest BCUT2D eigenvalue weighted by molar-refractivity contribution is 14.1. The predicted octanol–water partition coefficient (Wildman–Crippen LogP) is 4.15. The summed E-state index contributed by atoms with van der Waals surface area (Å²) in [6, 6.07) is 16.7. The van der Waals surface area contributed by atoms with Gasteiger partial charge in [0.25, 0.3) is 0 Å². The van der Waals surface area contributed by atoms with Crippen molar-refractivity contribution in [2.24, 2.45) is 0 Å². The Hall–Kier alpha value is -5.67. The molecule has 17 nitrogen and oxygen atoms in total. The van der Waals surface area contributed by atoms with Gasteiger partial charge in [-0.1, -0.05) is 74.5 Å². The maximum absolute atomic E-state index is 14.7. The number of para-hydroxylation sites is 1. The number of phenolic OH excluding ortho intramolecular Hbond substituents is 1.